The number of hydrogen-bond donors (Lipinski definition) is 2. The molecule has 70 valence electrons. The molecule has 0 saturated carbocycles. The lowest BCUT2D eigenvalue weighted by Crippen LogP contribution is -2.24. The molecular weight excluding hydrogens is 170 g/mol. The maximum atomic E-state index is 8.96. The summed E-state index contributed by atoms with van der Waals surface area (Å²) in [4.78, 5) is 0. The van der Waals surface area contributed by atoms with Crippen LogP contribution in [-0.2, 0) is 0 Å². The predicted molar refractivity (Wildman–Crippen MR) is 52.4 cm³/mol. The van der Waals surface area contributed by atoms with E-state index in [0.717, 1.165) is 18.4 Å². The lowest BCUT2D eigenvalue weighted by molar-refractivity contribution is 0.249. The average Bonchev–Trinajstić information content (AvgIpc) is 2.75. The Bertz CT molecular complexity index is 147. The minimum atomic E-state index is 0.316. The van der Waals surface area contributed by atoms with Crippen LogP contribution in [0.15, 0.2) is 0 Å². The van der Waals surface area contributed by atoms with Gasteiger partial charge in [0.05, 0.1) is 6.61 Å². The quantitative estimate of drug-likeness (QED) is 0.668. The van der Waals surface area contributed by atoms with E-state index in [9.17, 15) is 0 Å². The first-order valence-electron chi connectivity index (χ1n) is 4.82. The fourth-order valence-electron chi connectivity index (χ4n) is 2.27. The van der Waals surface area contributed by atoms with Gasteiger partial charge in [0.15, 0.2) is 0 Å². The van der Waals surface area contributed by atoms with E-state index >= 15 is 0 Å². The third-order valence-electron chi connectivity index (χ3n) is 3.11. The minimum absolute atomic E-state index is 0.316. The van der Waals surface area contributed by atoms with Gasteiger partial charge in [-0.25, -0.2) is 0 Å². The molecule has 2 saturated heterocycles. The van der Waals surface area contributed by atoms with E-state index in [1.165, 1.54) is 24.3 Å². The molecule has 2 aliphatic rings. The number of rotatable bonds is 2. The molecule has 0 aromatic rings. The fraction of sp³-hybridized carbons (Fsp3) is 1.00. The van der Waals surface area contributed by atoms with Crippen molar-refractivity contribution in [1.82, 2.24) is 5.32 Å². The first-order chi connectivity index (χ1) is 5.90. The van der Waals surface area contributed by atoms with Crippen LogP contribution in [0.1, 0.15) is 12.8 Å². The number of aliphatic hydroxyl groups excluding tert-OH is 1. The Morgan fingerprint density at radius 2 is 2.33 bits per heavy atom. The highest BCUT2D eigenvalue weighted by molar-refractivity contribution is 7.99. The third-order valence-corrected chi connectivity index (χ3v) is 4.30. The second-order valence-electron chi connectivity index (χ2n) is 3.91. The third kappa shape index (κ3) is 1.78. The Balaban J connectivity index is 1.81. The number of aliphatic hydroxyl groups is 1. The standard InChI is InChI=1S/C9H17NOS/c11-5-9-3-8(4-10-9)7-1-2-12-6-7/h7-11H,1-6H2. The first-order valence-corrected chi connectivity index (χ1v) is 5.97. The van der Waals surface area contributed by atoms with E-state index in [-0.39, 0.29) is 0 Å². The molecule has 0 aromatic carbocycles. The topological polar surface area (TPSA) is 32.3 Å². The molecule has 2 N–H and O–H groups in total. The van der Waals surface area contributed by atoms with Gasteiger partial charge in [0.1, 0.15) is 0 Å². The Kier molecular flexibility index (Phi) is 2.94. The van der Waals surface area contributed by atoms with E-state index in [0.29, 0.717) is 12.6 Å². The monoisotopic (exact) mass is 187 g/mol. The molecule has 0 aliphatic carbocycles. The van der Waals surface area contributed by atoms with E-state index in [4.69, 9.17) is 5.11 Å². The molecule has 2 fully saturated rings. The van der Waals surface area contributed by atoms with Crippen LogP contribution in [0.4, 0.5) is 0 Å². The van der Waals surface area contributed by atoms with Gasteiger partial charge < -0.3 is 10.4 Å². The number of nitrogens with one attached hydrogen (secondary N) is 1. The molecule has 12 heavy (non-hydrogen) atoms. The summed E-state index contributed by atoms with van der Waals surface area (Å²) in [5, 5.41) is 12.3. The van der Waals surface area contributed by atoms with Crippen LogP contribution in [0.25, 0.3) is 0 Å². The maximum absolute atomic E-state index is 8.96. The Hall–Kier alpha value is 0.270. The highest BCUT2D eigenvalue weighted by Gasteiger charge is 2.31. The predicted octanol–water partition coefficient (Wildman–Crippen LogP) is 0.710. The maximum Gasteiger partial charge on any atom is 0.0584 e. The van der Waals surface area contributed by atoms with E-state index in [1.807, 2.05) is 0 Å². The van der Waals surface area contributed by atoms with Gasteiger partial charge in [-0.15, -0.1) is 0 Å². The average molecular weight is 187 g/mol. The second kappa shape index (κ2) is 3.99. The zero-order valence-electron chi connectivity index (χ0n) is 7.33. The molecule has 3 atom stereocenters. The van der Waals surface area contributed by atoms with Crippen LogP contribution in [0.3, 0.4) is 0 Å². The molecule has 0 amide bonds. The molecule has 0 aromatic heterocycles. The lowest BCUT2D eigenvalue weighted by atomic mass is 9.90. The molecule has 0 bridgehead atoms. The van der Waals surface area contributed by atoms with Gasteiger partial charge in [-0.3, -0.25) is 0 Å². The SMILES string of the molecule is OCC1CC(C2CCSC2)CN1. The van der Waals surface area contributed by atoms with Crippen molar-refractivity contribution >= 4 is 11.8 Å². The zero-order chi connectivity index (χ0) is 8.39. The molecule has 2 aliphatic heterocycles. The molecule has 2 nitrogen and oxygen atoms in total. The van der Waals surface area contributed by atoms with Gasteiger partial charge in [0.2, 0.25) is 0 Å². The molecule has 3 heteroatoms. The first kappa shape index (κ1) is 8.85. The van der Waals surface area contributed by atoms with Crippen molar-refractivity contribution in [2.75, 3.05) is 24.7 Å². The second-order valence-corrected chi connectivity index (χ2v) is 5.06. The molecule has 2 rings (SSSR count). The van der Waals surface area contributed by atoms with Crippen molar-refractivity contribution in [3.8, 4) is 0 Å². The summed E-state index contributed by atoms with van der Waals surface area (Å²) in [6, 6.07) is 0.389. The van der Waals surface area contributed by atoms with E-state index < -0.39 is 0 Å². The van der Waals surface area contributed by atoms with Crippen molar-refractivity contribution in [1.29, 1.82) is 0 Å². The van der Waals surface area contributed by atoms with Crippen molar-refractivity contribution in [3.05, 3.63) is 0 Å². The normalized spacial score (nSPS) is 42.2. The molecule has 0 spiro atoms. The summed E-state index contributed by atoms with van der Waals surface area (Å²) in [5.74, 6) is 4.48. The van der Waals surface area contributed by atoms with Gasteiger partial charge >= 0.3 is 0 Å². The van der Waals surface area contributed by atoms with Crippen LogP contribution < -0.4 is 5.32 Å². The summed E-state index contributed by atoms with van der Waals surface area (Å²) >= 11 is 2.09. The number of thioether (sulfide) groups is 1. The molecule has 3 unspecified atom stereocenters. The van der Waals surface area contributed by atoms with Crippen molar-refractivity contribution in [2.45, 2.75) is 18.9 Å². The molecule has 0 radical (unpaired) electrons. The van der Waals surface area contributed by atoms with E-state index in [1.54, 1.807) is 0 Å². The minimum Gasteiger partial charge on any atom is -0.395 e. The highest BCUT2D eigenvalue weighted by atomic mass is 32.2. The Morgan fingerprint density at radius 1 is 1.42 bits per heavy atom. The van der Waals surface area contributed by atoms with Gasteiger partial charge in [-0.1, -0.05) is 0 Å². The summed E-state index contributed by atoms with van der Waals surface area (Å²) in [6.45, 7) is 1.45. The Morgan fingerprint density at radius 3 is 2.92 bits per heavy atom. The summed E-state index contributed by atoms with van der Waals surface area (Å²) in [5.41, 5.74) is 0. The van der Waals surface area contributed by atoms with Gasteiger partial charge in [0.25, 0.3) is 0 Å². The van der Waals surface area contributed by atoms with Crippen LogP contribution >= 0.6 is 11.8 Å². The van der Waals surface area contributed by atoms with Crippen molar-refractivity contribution < 1.29 is 5.11 Å². The van der Waals surface area contributed by atoms with E-state index in [2.05, 4.69) is 17.1 Å². The van der Waals surface area contributed by atoms with Gasteiger partial charge in [-0.2, -0.15) is 11.8 Å². The Labute approximate surface area is 78.1 Å². The smallest absolute Gasteiger partial charge is 0.0584 e. The highest BCUT2D eigenvalue weighted by Crippen LogP contribution is 2.33. The summed E-state index contributed by atoms with van der Waals surface area (Å²) < 4.78 is 0. The summed E-state index contributed by atoms with van der Waals surface area (Å²) in [7, 11) is 0. The van der Waals surface area contributed by atoms with Gasteiger partial charge in [0, 0.05) is 6.04 Å². The zero-order valence-corrected chi connectivity index (χ0v) is 8.15. The van der Waals surface area contributed by atoms with Crippen LogP contribution in [-0.4, -0.2) is 35.8 Å². The van der Waals surface area contributed by atoms with Gasteiger partial charge in [-0.05, 0) is 42.7 Å². The van der Waals surface area contributed by atoms with Crippen molar-refractivity contribution in [3.63, 3.8) is 0 Å². The van der Waals surface area contributed by atoms with Crippen LogP contribution in [0.5, 0.6) is 0 Å². The fourth-order valence-corrected chi connectivity index (χ4v) is 3.65. The largest absolute Gasteiger partial charge is 0.395 e. The van der Waals surface area contributed by atoms with Crippen LogP contribution in [0, 0.1) is 11.8 Å². The van der Waals surface area contributed by atoms with Crippen molar-refractivity contribution in [2.24, 2.45) is 11.8 Å². The molecular formula is C9H17NOS. The van der Waals surface area contributed by atoms with Crippen LogP contribution in [0.2, 0.25) is 0 Å². The summed E-state index contributed by atoms with van der Waals surface area (Å²) in [6.07, 6.45) is 2.59. The number of hydrogen-bond acceptors (Lipinski definition) is 3. The molecule has 2 heterocycles. The lowest BCUT2D eigenvalue weighted by Gasteiger charge is -2.15.